The summed E-state index contributed by atoms with van der Waals surface area (Å²) >= 11 is 0. The molecule has 0 bridgehead atoms. The quantitative estimate of drug-likeness (QED) is 0.352. The predicted molar refractivity (Wildman–Crippen MR) is 155 cm³/mol. The topological polar surface area (TPSA) is 139 Å². The highest BCUT2D eigenvalue weighted by atomic mass is 16.5. The monoisotopic (exact) mass is 567 g/mol. The summed E-state index contributed by atoms with van der Waals surface area (Å²) in [6, 6.07) is 7.87. The number of rotatable bonds is 11. The van der Waals surface area contributed by atoms with Gasteiger partial charge in [-0.3, -0.25) is 29.2 Å². The van der Waals surface area contributed by atoms with E-state index in [2.05, 4.69) is 16.1 Å². The van der Waals surface area contributed by atoms with Gasteiger partial charge in [-0.15, -0.1) is 0 Å². The molecule has 0 saturated carbocycles. The predicted octanol–water partition coefficient (Wildman–Crippen LogP) is 2.66. The largest absolute Gasteiger partial charge is 0.452 e. The number of carbonyl (C=O) groups is 4. The van der Waals surface area contributed by atoms with E-state index < -0.39 is 36.0 Å². The third-order valence-corrected chi connectivity index (χ3v) is 6.77. The molecule has 11 heteroatoms. The maximum absolute atomic E-state index is 13.4. The Morgan fingerprint density at radius 2 is 1.88 bits per heavy atom. The smallest absolute Gasteiger partial charge is 0.303 e. The Morgan fingerprint density at radius 3 is 2.54 bits per heavy atom. The number of benzene rings is 1. The lowest BCUT2D eigenvalue weighted by Crippen LogP contribution is -2.62. The summed E-state index contributed by atoms with van der Waals surface area (Å²) in [7, 11) is 1.42. The van der Waals surface area contributed by atoms with Gasteiger partial charge in [-0.25, -0.2) is 5.43 Å². The van der Waals surface area contributed by atoms with Crippen LogP contribution in [0.5, 0.6) is 0 Å². The first kappa shape index (κ1) is 31.7. The molecule has 222 valence electrons. The molecule has 1 saturated heterocycles. The molecule has 1 aliphatic rings. The Hall–Kier alpha value is -3.83. The van der Waals surface area contributed by atoms with E-state index in [-0.39, 0.29) is 24.5 Å². The van der Waals surface area contributed by atoms with Crippen LogP contribution in [0.15, 0.2) is 36.4 Å². The van der Waals surface area contributed by atoms with Crippen LogP contribution in [-0.4, -0.2) is 72.1 Å². The SMILES string of the molecule is C/C=C/c1ccc2ccc([C@@H](C)NC(=O)[C@@H]3CCCN(C(=O)[C@H](COC)NC(=O)[C@@H](OC(C)=O)C(C)C)N3)nc2c1. The van der Waals surface area contributed by atoms with E-state index in [1.807, 2.05) is 56.3 Å². The van der Waals surface area contributed by atoms with Gasteiger partial charge in [0.1, 0.15) is 12.1 Å². The molecule has 0 aliphatic carbocycles. The average Bonchev–Trinajstić information content (AvgIpc) is 2.94. The number of pyridine rings is 1. The fraction of sp³-hybridized carbons (Fsp3) is 0.500. The van der Waals surface area contributed by atoms with Gasteiger partial charge in [0, 0.05) is 26.0 Å². The molecule has 4 atom stereocenters. The van der Waals surface area contributed by atoms with E-state index in [9.17, 15) is 19.2 Å². The number of amides is 3. The zero-order chi connectivity index (χ0) is 30.1. The highest BCUT2D eigenvalue weighted by Crippen LogP contribution is 2.20. The second-order valence-electron chi connectivity index (χ2n) is 10.5. The minimum absolute atomic E-state index is 0.0923. The van der Waals surface area contributed by atoms with Crippen molar-refractivity contribution < 1.29 is 28.7 Å². The summed E-state index contributed by atoms with van der Waals surface area (Å²) in [6.07, 6.45) is 4.04. The van der Waals surface area contributed by atoms with E-state index in [1.165, 1.54) is 19.0 Å². The van der Waals surface area contributed by atoms with Crippen LogP contribution in [0.2, 0.25) is 0 Å². The van der Waals surface area contributed by atoms with Crippen molar-refractivity contribution >= 4 is 40.7 Å². The van der Waals surface area contributed by atoms with Gasteiger partial charge in [0.15, 0.2) is 6.10 Å². The molecule has 11 nitrogen and oxygen atoms in total. The van der Waals surface area contributed by atoms with Crippen molar-refractivity contribution in [3.05, 3.63) is 47.7 Å². The summed E-state index contributed by atoms with van der Waals surface area (Å²) in [6.45, 7) is 8.79. The van der Waals surface area contributed by atoms with E-state index in [4.69, 9.17) is 14.5 Å². The molecule has 1 aromatic heterocycles. The fourth-order valence-electron chi connectivity index (χ4n) is 4.66. The number of hydrogen-bond acceptors (Lipinski definition) is 8. The number of hydrogen-bond donors (Lipinski definition) is 3. The number of hydrazine groups is 1. The van der Waals surface area contributed by atoms with Crippen molar-refractivity contribution in [2.45, 2.75) is 71.7 Å². The Balaban J connectivity index is 1.66. The first-order valence-corrected chi connectivity index (χ1v) is 13.9. The summed E-state index contributed by atoms with van der Waals surface area (Å²) in [5.74, 6) is -2.20. The summed E-state index contributed by atoms with van der Waals surface area (Å²) in [5.41, 5.74) is 5.62. The molecule has 2 aromatic rings. The number of nitrogens with zero attached hydrogens (tertiary/aromatic N) is 2. The molecule has 1 fully saturated rings. The van der Waals surface area contributed by atoms with Gasteiger partial charge in [0.25, 0.3) is 11.8 Å². The molecule has 41 heavy (non-hydrogen) atoms. The van der Waals surface area contributed by atoms with Crippen molar-refractivity contribution in [1.29, 1.82) is 0 Å². The van der Waals surface area contributed by atoms with Gasteiger partial charge >= 0.3 is 5.97 Å². The minimum Gasteiger partial charge on any atom is -0.452 e. The van der Waals surface area contributed by atoms with E-state index >= 15 is 0 Å². The van der Waals surface area contributed by atoms with Crippen LogP contribution in [0.4, 0.5) is 0 Å². The van der Waals surface area contributed by atoms with Crippen LogP contribution in [0.3, 0.4) is 0 Å². The number of carbonyl (C=O) groups excluding carboxylic acids is 4. The first-order valence-electron chi connectivity index (χ1n) is 13.9. The molecule has 0 spiro atoms. The van der Waals surface area contributed by atoms with Gasteiger partial charge < -0.3 is 20.1 Å². The highest BCUT2D eigenvalue weighted by Gasteiger charge is 2.35. The van der Waals surface area contributed by atoms with Crippen molar-refractivity contribution in [3.63, 3.8) is 0 Å². The number of allylic oxidation sites excluding steroid dienone is 1. The molecule has 0 unspecified atom stereocenters. The molecule has 3 N–H and O–H groups in total. The zero-order valence-electron chi connectivity index (χ0n) is 24.6. The van der Waals surface area contributed by atoms with Crippen molar-refractivity contribution in [1.82, 2.24) is 26.1 Å². The molecule has 1 aliphatic heterocycles. The Bertz CT molecular complexity index is 1280. The number of nitrogens with one attached hydrogen (secondary N) is 3. The number of aromatic nitrogens is 1. The zero-order valence-corrected chi connectivity index (χ0v) is 24.6. The van der Waals surface area contributed by atoms with E-state index in [1.54, 1.807) is 13.8 Å². The Kier molecular flexibility index (Phi) is 11.4. The van der Waals surface area contributed by atoms with E-state index in [0.717, 1.165) is 22.2 Å². The van der Waals surface area contributed by atoms with Gasteiger partial charge in [0.2, 0.25) is 5.91 Å². The summed E-state index contributed by atoms with van der Waals surface area (Å²) in [4.78, 5) is 55.6. The van der Waals surface area contributed by atoms with Gasteiger partial charge in [-0.05, 0) is 50.3 Å². The van der Waals surface area contributed by atoms with Crippen molar-refractivity contribution in [2.24, 2.45) is 5.92 Å². The van der Waals surface area contributed by atoms with Crippen LogP contribution in [-0.2, 0) is 28.7 Å². The first-order chi connectivity index (χ1) is 19.5. The molecule has 3 rings (SSSR count). The third-order valence-electron chi connectivity index (χ3n) is 6.77. The summed E-state index contributed by atoms with van der Waals surface area (Å²) < 4.78 is 10.3. The molecular weight excluding hydrogens is 526 g/mol. The van der Waals surface area contributed by atoms with Crippen LogP contribution >= 0.6 is 0 Å². The average molecular weight is 568 g/mol. The highest BCUT2D eigenvalue weighted by molar-refractivity contribution is 5.91. The normalized spacial score (nSPS) is 17.7. The molecule has 2 heterocycles. The number of ether oxygens (including phenoxy) is 2. The standard InChI is InChI=1S/C30H41N5O6/c1-7-9-21-11-12-22-13-14-23(32-25(22)16-21)19(4)31-28(37)24-10-8-15-35(34-24)30(39)26(17-40-6)33-29(38)27(18(2)3)41-20(5)36/h7,9,11-14,16,18-19,24,26-27,34H,8,10,15,17H2,1-6H3,(H,31,37)(H,33,38)/b9-7+/t19-,24+,26+,27+/m1/s1. The van der Waals surface area contributed by atoms with Crippen LogP contribution < -0.4 is 16.1 Å². The number of methoxy groups -OCH3 is 1. The van der Waals surface area contributed by atoms with Crippen molar-refractivity contribution in [3.8, 4) is 0 Å². The molecular formula is C30H41N5O6. The third kappa shape index (κ3) is 8.58. The van der Waals surface area contributed by atoms with Crippen LogP contribution in [0.1, 0.15) is 64.8 Å². The number of esters is 1. The maximum atomic E-state index is 13.4. The lowest BCUT2D eigenvalue weighted by atomic mass is 10.1. The summed E-state index contributed by atoms with van der Waals surface area (Å²) in [5, 5.41) is 7.99. The van der Waals surface area contributed by atoms with Gasteiger partial charge in [-0.1, -0.05) is 44.2 Å². The molecule has 0 radical (unpaired) electrons. The second-order valence-corrected chi connectivity index (χ2v) is 10.5. The van der Waals surface area contributed by atoms with Crippen LogP contribution in [0, 0.1) is 5.92 Å². The second kappa shape index (κ2) is 14.7. The lowest BCUT2D eigenvalue weighted by Gasteiger charge is -2.36. The lowest BCUT2D eigenvalue weighted by molar-refractivity contribution is -0.158. The minimum atomic E-state index is -1.05. The maximum Gasteiger partial charge on any atom is 0.303 e. The number of fused-ring (bicyclic) bond motifs is 1. The fourth-order valence-corrected chi connectivity index (χ4v) is 4.66. The Morgan fingerprint density at radius 1 is 1.15 bits per heavy atom. The molecule has 3 amide bonds. The van der Waals surface area contributed by atoms with Gasteiger partial charge in [-0.2, -0.15) is 0 Å². The van der Waals surface area contributed by atoms with Gasteiger partial charge in [0.05, 0.1) is 23.9 Å². The van der Waals surface area contributed by atoms with Crippen LogP contribution in [0.25, 0.3) is 17.0 Å². The molecule has 1 aromatic carbocycles. The Labute approximate surface area is 241 Å². The van der Waals surface area contributed by atoms with Crippen molar-refractivity contribution in [2.75, 3.05) is 20.3 Å². The van der Waals surface area contributed by atoms with E-state index in [0.29, 0.717) is 19.4 Å².